The zero-order chi connectivity index (χ0) is 18.3. The summed E-state index contributed by atoms with van der Waals surface area (Å²) in [5.74, 6) is -0.460. The van der Waals surface area contributed by atoms with E-state index in [1.54, 1.807) is 6.92 Å². The van der Waals surface area contributed by atoms with Gasteiger partial charge in [-0.3, -0.25) is 0 Å². The second-order valence-electron chi connectivity index (χ2n) is 7.84. The fraction of sp³-hybridized carbons (Fsp3) is 0.778. The first-order valence-corrected chi connectivity index (χ1v) is 8.16. The molecular weight excluding hydrogens is 294 g/mol. The average Bonchev–Trinajstić information content (AvgIpc) is 2.40. The molecule has 0 aliphatic carbocycles. The summed E-state index contributed by atoms with van der Waals surface area (Å²) in [6, 6.07) is 0. The predicted octanol–water partition coefficient (Wildman–Crippen LogP) is 4.07. The van der Waals surface area contributed by atoms with Crippen molar-refractivity contribution in [2.45, 2.75) is 67.4 Å². The number of rotatable bonds is 8. The molecule has 0 aromatic heterocycles. The Morgan fingerprint density at radius 1 is 1.17 bits per heavy atom. The summed E-state index contributed by atoms with van der Waals surface area (Å²) in [6.07, 6.45) is 1.04. The molecule has 0 saturated carbocycles. The third-order valence-corrected chi connectivity index (χ3v) is 3.78. The van der Waals surface area contributed by atoms with E-state index in [1.807, 2.05) is 0 Å². The summed E-state index contributed by atoms with van der Waals surface area (Å²) in [4.78, 5) is 23.2. The molecule has 1 N–H and O–H groups in total. The van der Waals surface area contributed by atoms with Crippen LogP contribution in [0, 0.1) is 10.8 Å². The normalized spacial score (nSPS) is 13.2. The molecule has 23 heavy (non-hydrogen) atoms. The van der Waals surface area contributed by atoms with Gasteiger partial charge in [-0.15, -0.1) is 0 Å². The first-order valence-electron chi connectivity index (χ1n) is 8.16. The number of carbonyl (C=O) groups excluding carboxylic acids is 2. The highest BCUT2D eigenvalue weighted by molar-refractivity contribution is 5.86. The summed E-state index contributed by atoms with van der Waals surface area (Å²) >= 11 is 0. The van der Waals surface area contributed by atoms with Gasteiger partial charge in [0.1, 0.15) is 12.7 Å². The third-order valence-electron chi connectivity index (χ3n) is 3.78. The van der Waals surface area contributed by atoms with Crippen LogP contribution in [0.5, 0.6) is 0 Å². The summed E-state index contributed by atoms with van der Waals surface area (Å²) in [6.45, 7) is 18.1. The van der Waals surface area contributed by atoms with Crippen molar-refractivity contribution in [1.29, 1.82) is 0 Å². The van der Waals surface area contributed by atoms with E-state index in [9.17, 15) is 9.59 Å². The van der Waals surface area contributed by atoms with Crippen molar-refractivity contribution in [3.05, 3.63) is 12.2 Å². The average molecular weight is 327 g/mol. The minimum absolute atomic E-state index is 0.0639. The molecule has 1 amide bonds. The SMILES string of the molecule is C=C(C)C(=O)OCCNC(=O)OC(CC(C)(C)C)C(C)(C)CC. The highest BCUT2D eigenvalue weighted by atomic mass is 16.6. The quantitative estimate of drug-likeness (QED) is 0.414. The highest BCUT2D eigenvalue weighted by Crippen LogP contribution is 2.35. The van der Waals surface area contributed by atoms with Gasteiger partial charge in [-0.05, 0) is 25.2 Å². The zero-order valence-corrected chi connectivity index (χ0v) is 15.7. The molecule has 0 radical (unpaired) electrons. The zero-order valence-electron chi connectivity index (χ0n) is 15.7. The summed E-state index contributed by atoms with van der Waals surface area (Å²) in [5, 5.41) is 2.62. The Bertz CT molecular complexity index is 421. The van der Waals surface area contributed by atoms with Gasteiger partial charge in [0.2, 0.25) is 0 Å². The van der Waals surface area contributed by atoms with Crippen LogP contribution in [-0.2, 0) is 14.3 Å². The van der Waals surface area contributed by atoms with Crippen molar-refractivity contribution in [3.63, 3.8) is 0 Å². The Hall–Kier alpha value is -1.52. The molecule has 0 bridgehead atoms. The minimum atomic E-state index is -0.479. The summed E-state index contributed by atoms with van der Waals surface area (Å²) in [7, 11) is 0. The van der Waals surface area contributed by atoms with Gasteiger partial charge in [-0.2, -0.15) is 0 Å². The Labute approximate surface area is 140 Å². The van der Waals surface area contributed by atoms with E-state index < -0.39 is 12.1 Å². The summed E-state index contributed by atoms with van der Waals surface area (Å²) < 4.78 is 10.5. The second kappa shape index (κ2) is 8.94. The van der Waals surface area contributed by atoms with Gasteiger partial charge in [0.25, 0.3) is 0 Å². The maximum absolute atomic E-state index is 12.0. The van der Waals surface area contributed by atoms with Crippen LogP contribution in [0.4, 0.5) is 4.79 Å². The number of esters is 1. The molecule has 5 nitrogen and oxygen atoms in total. The predicted molar refractivity (Wildman–Crippen MR) is 92.2 cm³/mol. The maximum atomic E-state index is 12.0. The highest BCUT2D eigenvalue weighted by Gasteiger charge is 2.34. The molecule has 1 unspecified atom stereocenters. The number of hydrogen-bond donors (Lipinski definition) is 1. The number of amides is 1. The van der Waals surface area contributed by atoms with Gasteiger partial charge < -0.3 is 14.8 Å². The van der Waals surface area contributed by atoms with Crippen LogP contribution in [0.3, 0.4) is 0 Å². The lowest BCUT2D eigenvalue weighted by atomic mass is 9.76. The van der Waals surface area contributed by atoms with Crippen molar-refractivity contribution in [3.8, 4) is 0 Å². The molecule has 134 valence electrons. The lowest BCUT2D eigenvalue weighted by Crippen LogP contribution is -2.40. The monoisotopic (exact) mass is 327 g/mol. The van der Waals surface area contributed by atoms with Crippen molar-refractivity contribution < 1.29 is 19.1 Å². The van der Waals surface area contributed by atoms with Crippen LogP contribution in [0.15, 0.2) is 12.2 Å². The molecule has 0 heterocycles. The molecule has 5 heteroatoms. The maximum Gasteiger partial charge on any atom is 0.407 e. The minimum Gasteiger partial charge on any atom is -0.460 e. The van der Waals surface area contributed by atoms with Crippen LogP contribution in [-0.4, -0.2) is 31.3 Å². The van der Waals surface area contributed by atoms with Gasteiger partial charge in [0.15, 0.2) is 0 Å². The van der Waals surface area contributed by atoms with Crippen LogP contribution in [0.1, 0.15) is 61.3 Å². The van der Waals surface area contributed by atoms with E-state index in [0.717, 1.165) is 12.8 Å². The van der Waals surface area contributed by atoms with Gasteiger partial charge in [-0.25, -0.2) is 9.59 Å². The van der Waals surface area contributed by atoms with E-state index in [0.29, 0.717) is 5.57 Å². The number of carbonyl (C=O) groups is 2. The Kier molecular flexibility index (Phi) is 8.35. The van der Waals surface area contributed by atoms with Crippen molar-refractivity contribution in [2.75, 3.05) is 13.2 Å². The first kappa shape index (κ1) is 21.5. The number of hydrogen-bond acceptors (Lipinski definition) is 4. The molecule has 0 rings (SSSR count). The standard InChI is InChI=1S/C18H33NO4/c1-9-18(7,8)14(12-17(4,5)6)23-16(21)19-10-11-22-15(20)13(2)3/h14H,2,9-12H2,1,3-8H3,(H,19,21). The van der Waals surface area contributed by atoms with E-state index >= 15 is 0 Å². The number of nitrogens with one attached hydrogen (secondary N) is 1. The lowest BCUT2D eigenvalue weighted by molar-refractivity contribution is -0.138. The molecule has 0 spiro atoms. The Balaban J connectivity index is 4.44. The Morgan fingerprint density at radius 2 is 1.74 bits per heavy atom. The molecule has 0 aromatic rings. The van der Waals surface area contributed by atoms with E-state index in [4.69, 9.17) is 9.47 Å². The van der Waals surface area contributed by atoms with Crippen LogP contribution in [0.25, 0.3) is 0 Å². The smallest absolute Gasteiger partial charge is 0.407 e. The van der Waals surface area contributed by atoms with Crippen LogP contribution >= 0.6 is 0 Å². The number of ether oxygens (including phenoxy) is 2. The lowest BCUT2D eigenvalue weighted by Gasteiger charge is -2.36. The fourth-order valence-electron chi connectivity index (χ4n) is 1.85. The largest absolute Gasteiger partial charge is 0.460 e. The van der Waals surface area contributed by atoms with Crippen molar-refractivity contribution in [2.24, 2.45) is 10.8 Å². The molecule has 0 aromatic carbocycles. The van der Waals surface area contributed by atoms with Gasteiger partial charge in [0, 0.05) is 11.0 Å². The molecular formula is C18H33NO4. The van der Waals surface area contributed by atoms with Crippen molar-refractivity contribution in [1.82, 2.24) is 5.32 Å². The van der Waals surface area contributed by atoms with E-state index in [-0.39, 0.29) is 30.1 Å². The topological polar surface area (TPSA) is 64.6 Å². The second-order valence-corrected chi connectivity index (χ2v) is 7.84. The van der Waals surface area contributed by atoms with Gasteiger partial charge in [-0.1, -0.05) is 48.1 Å². The summed E-state index contributed by atoms with van der Waals surface area (Å²) in [5.41, 5.74) is 0.299. The molecule has 0 fully saturated rings. The Morgan fingerprint density at radius 3 is 2.17 bits per heavy atom. The molecule has 1 atom stereocenters. The van der Waals surface area contributed by atoms with Crippen LogP contribution < -0.4 is 5.32 Å². The number of alkyl carbamates (subject to hydrolysis) is 1. The fourth-order valence-corrected chi connectivity index (χ4v) is 1.85. The molecule has 0 aliphatic heterocycles. The van der Waals surface area contributed by atoms with E-state index in [1.165, 1.54) is 0 Å². The third kappa shape index (κ3) is 9.26. The van der Waals surface area contributed by atoms with Crippen LogP contribution in [0.2, 0.25) is 0 Å². The first-order chi connectivity index (χ1) is 10.4. The molecule has 0 saturated heterocycles. The molecule has 0 aliphatic rings. The van der Waals surface area contributed by atoms with Crippen molar-refractivity contribution >= 4 is 12.1 Å². The van der Waals surface area contributed by atoms with Gasteiger partial charge >= 0.3 is 12.1 Å². The van der Waals surface area contributed by atoms with Gasteiger partial charge in [0.05, 0.1) is 6.54 Å². The van der Waals surface area contributed by atoms with E-state index in [2.05, 4.69) is 53.4 Å².